The maximum Gasteiger partial charge on any atom is 0.416 e. The molecule has 0 aromatic heterocycles. The van der Waals surface area contributed by atoms with Gasteiger partial charge >= 0.3 is 12.4 Å². The highest BCUT2D eigenvalue weighted by molar-refractivity contribution is 8.14. The first-order chi connectivity index (χ1) is 17.2. The van der Waals surface area contributed by atoms with E-state index >= 15 is 0 Å². The summed E-state index contributed by atoms with van der Waals surface area (Å²) in [5.41, 5.74) is -3.46. The number of amides is 1. The smallest absolute Gasteiger partial charge is 0.345 e. The van der Waals surface area contributed by atoms with Crippen molar-refractivity contribution in [2.24, 2.45) is 22.7 Å². The molecular formula is C26H31F6N3OS. The van der Waals surface area contributed by atoms with Crippen molar-refractivity contribution in [3.63, 3.8) is 0 Å². The lowest BCUT2D eigenvalue weighted by molar-refractivity contribution is -0.143. The molecule has 0 radical (unpaired) electrons. The van der Waals surface area contributed by atoms with Gasteiger partial charge in [-0.1, -0.05) is 11.8 Å². The normalized spacial score (nSPS) is 32.6. The van der Waals surface area contributed by atoms with Gasteiger partial charge in [-0.05, 0) is 88.3 Å². The lowest BCUT2D eigenvalue weighted by Crippen LogP contribution is -2.50. The molecule has 1 aromatic rings. The third kappa shape index (κ3) is 5.61. The number of halogens is 6. The highest BCUT2D eigenvalue weighted by Crippen LogP contribution is 2.57. The standard InChI is InChI=1S/C26H31F6N3OS/c1-14(2)35-21(13-37-23(35)34-24-10-15-3-16(11-24)5-17(4-15)12-24)9-22(36)33-20-7-18(25(27,28)29)6-19(8-20)26(30,31)32/h6-8,14-17,21H,3-5,9-13H2,1-2H3,(H,33,36). The average Bonchev–Trinajstić information content (AvgIpc) is 3.12. The molecule has 4 nitrogen and oxygen atoms in total. The van der Waals surface area contributed by atoms with Gasteiger partial charge in [0.25, 0.3) is 0 Å². The predicted molar refractivity (Wildman–Crippen MR) is 131 cm³/mol. The minimum Gasteiger partial charge on any atom is -0.345 e. The zero-order valence-corrected chi connectivity index (χ0v) is 21.6. The van der Waals surface area contributed by atoms with E-state index in [-0.39, 0.29) is 30.1 Å². The third-order valence-electron chi connectivity index (χ3n) is 8.21. The third-order valence-corrected chi connectivity index (χ3v) is 9.32. The van der Waals surface area contributed by atoms with Gasteiger partial charge < -0.3 is 10.2 Å². The average molecular weight is 548 g/mol. The van der Waals surface area contributed by atoms with E-state index < -0.39 is 35.1 Å². The van der Waals surface area contributed by atoms with Crippen LogP contribution in [0.25, 0.3) is 0 Å². The fourth-order valence-corrected chi connectivity index (χ4v) is 8.62. The molecular weight excluding hydrogens is 516 g/mol. The minimum atomic E-state index is -4.97. The van der Waals surface area contributed by atoms with Gasteiger partial charge in [-0.2, -0.15) is 26.3 Å². The Bertz CT molecular complexity index is 1020. The highest BCUT2D eigenvalue weighted by atomic mass is 32.2. The van der Waals surface area contributed by atoms with Crippen molar-refractivity contribution in [3.05, 3.63) is 29.3 Å². The number of anilines is 1. The Morgan fingerprint density at radius 2 is 1.51 bits per heavy atom. The lowest BCUT2D eigenvalue weighted by Gasteiger charge is -2.55. The zero-order chi connectivity index (χ0) is 26.8. The molecule has 204 valence electrons. The van der Waals surface area contributed by atoms with Gasteiger partial charge in [0.2, 0.25) is 5.91 Å². The second kappa shape index (κ2) is 9.38. The quantitative estimate of drug-likeness (QED) is 0.397. The van der Waals surface area contributed by atoms with Gasteiger partial charge in [-0.3, -0.25) is 9.79 Å². The Morgan fingerprint density at radius 3 is 1.97 bits per heavy atom. The minimum absolute atomic E-state index is 0.0343. The Morgan fingerprint density at radius 1 is 1.00 bits per heavy atom. The number of hydrogen-bond acceptors (Lipinski definition) is 3. The van der Waals surface area contributed by atoms with Crippen molar-refractivity contribution in [1.82, 2.24) is 4.90 Å². The molecule has 0 spiro atoms. The number of alkyl halides is 6. The maximum absolute atomic E-state index is 13.2. The molecule has 1 saturated heterocycles. The second-order valence-electron chi connectivity index (χ2n) is 11.5. The number of hydrogen-bond donors (Lipinski definition) is 1. The highest BCUT2D eigenvalue weighted by Gasteiger charge is 2.52. The van der Waals surface area contributed by atoms with E-state index in [0.717, 1.165) is 42.2 Å². The molecule has 11 heteroatoms. The van der Waals surface area contributed by atoms with Crippen molar-refractivity contribution >= 4 is 28.5 Å². The molecule has 37 heavy (non-hydrogen) atoms. The first-order valence-corrected chi connectivity index (χ1v) is 13.8. The van der Waals surface area contributed by atoms with Crippen LogP contribution in [0.4, 0.5) is 32.0 Å². The predicted octanol–water partition coefficient (Wildman–Crippen LogP) is 7.20. The van der Waals surface area contributed by atoms with Gasteiger partial charge in [-0.15, -0.1) is 0 Å². The summed E-state index contributed by atoms with van der Waals surface area (Å²) in [5, 5.41) is 3.19. The van der Waals surface area contributed by atoms with Crippen molar-refractivity contribution in [2.45, 2.75) is 88.8 Å². The first kappa shape index (κ1) is 26.7. The largest absolute Gasteiger partial charge is 0.416 e. The fraction of sp³-hybridized carbons (Fsp3) is 0.692. The Labute approximate surface area is 216 Å². The number of carbonyl (C=O) groups excluding carboxylic acids is 1. The van der Waals surface area contributed by atoms with Crippen LogP contribution < -0.4 is 5.32 Å². The Balaban J connectivity index is 1.32. The summed E-state index contributed by atoms with van der Waals surface area (Å²) in [6.07, 6.45) is -2.76. The lowest BCUT2D eigenvalue weighted by atomic mass is 9.53. The Hall–Kier alpha value is -1.91. The van der Waals surface area contributed by atoms with E-state index in [1.165, 1.54) is 19.3 Å². The monoisotopic (exact) mass is 547 g/mol. The fourth-order valence-electron chi connectivity index (χ4n) is 7.23. The van der Waals surface area contributed by atoms with Crippen LogP contribution in [0, 0.1) is 17.8 Å². The molecule has 1 unspecified atom stereocenters. The van der Waals surface area contributed by atoms with E-state index in [4.69, 9.17) is 4.99 Å². The summed E-state index contributed by atoms with van der Waals surface area (Å²) in [7, 11) is 0. The number of thioether (sulfide) groups is 1. The number of nitrogens with one attached hydrogen (secondary N) is 1. The van der Waals surface area contributed by atoms with Gasteiger partial charge in [-0.25, -0.2) is 0 Å². The molecule has 5 aliphatic rings. The van der Waals surface area contributed by atoms with Gasteiger partial charge in [0.15, 0.2) is 5.17 Å². The summed E-state index contributed by atoms with van der Waals surface area (Å²) in [5.74, 6) is 2.19. The molecule has 1 aliphatic heterocycles. The molecule has 4 aliphatic carbocycles. The van der Waals surface area contributed by atoms with Crippen LogP contribution in [0.1, 0.15) is 69.9 Å². The second-order valence-corrected chi connectivity index (χ2v) is 12.5. The van der Waals surface area contributed by atoms with Crippen molar-refractivity contribution in [2.75, 3.05) is 11.1 Å². The summed E-state index contributed by atoms with van der Waals surface area (Å²) in [4.78, 5) is 20.2. The summed E-state index contributed by atoms with van der Waals surface area (Å²) < 4.78 is 79.1. The molecule has 1 aromatic carbocycles. The van der Waals surface area contributed by atoms with Gasteiger partial charge in [0, 0.05) is 29.9 Å². The van der Waals surface area contributed by atoms with E-state index in [1.54, 1.807) is 11.8 Å². The molecule has 5 fully saturated rings. The van der Waals surface area contributed by atoms with E-state index in [0.29, 0.717) is 17.9 Å². The number of rotatable bonds is 5. The summed E-state index contributed by atoms with van der Waals surface area (Å²) >= 11 is 1.59. The number of aliphatic imine (C=N–C) groups is 1. The van der Waals surface area contributed by atoms with E-state index in [1.807, 2.05) is 13.8 Å². The number of carbonyl (C=O) groups is 1. The number of amidine groups is 1. The van der Waals surface area contributed by atoms with Crippen molar-refractivity contribution < 1.29 is 31.1 Å². The summed E-state index contributed by atoms with van der Waals surface area (Å²) in [6, 6.07) is 0.932. The Kier molecular flexibility index (Phi) is 6.76. The van der Waals surface area contributed by atoms with Crippen molar-refractivity contribution in [1.29, 1.82) is 0 Å². The topological polar surface area (TPSA) is 44.7 Å². The van der Waals surface area contributed by atoms with Crippen LogP contribution in [0.5, 0.6) is 0 Å². The first-order valence-electron chi connectivity index (χ1n) is 12.8. The van der Waals surface area contributed by atoms with Crippen LogP contribution >= 0.6 is 11.8 Å². The van der Waals surface area contributed by atoms with Crippen LogP contribution in [-0.4, -0.2) is 39.4 Å². The molecule has 4 saturated carbocycles. The van der Waals surface area contributed by atoms with Gasteiger partial charge in [0.1, 0.15) is 0 Å². The molecule has 1 atom stereocenters. The van der Waals surface area contributed by atoms with E-state index in [2.05, 4.69) is 10.2 Å². The number of benzene rings is 1. The molecule has 1 N–H and O–H groups in total. The van der Waals surface area contributed by atoms with Crippen LogP contribution in [0.2, 0.25) is 0 Å². The summed E-state index contributed by atoms with van der Waals surface area (Å²) in [6.45, 7) is 4.02. The van der Waals surface area contributed by atoms with Crippen molar-refractivity contribution in [3.8, 4) is 0 Å². The van der Waals surface area contributed by atoms with Crippen LogP contribution in [-0.2, 0) is 17.1 Å². The zero-order valence-electron chi connectivity index (χ0n) is 20.8. The molecule has 6 rings (SSSR count). The van der Waals surface area contributed by atoms with E-state index in [9.17, 15) is 31.1 Å². The van der Waals surface area contributed by atoms with Crippen LogP contribution in [0.15, 0.2) is 23.2 Å². The maximum atomic E-state index is 13.2. The number of nitrogens with zero attached hydrogens (tertiary/aromatic N) is 2. The SMILES string of the molecule is CC(C)N1C(=NC23CC4CC(CC(C4)C2)C3)SCC1CC(=O)Nc1cc(C(F)(F)F)cc(C(F)(F)F)c1. The molecule has 4 bridgehead atoms. The van der Waals surface area contributed by atoms with Gasteiger partial charge in [0.05, 0.1) is 16.7 Å². The van der Waals surface area contributed by atoms with Crippen LogP contribution in [0.3, 0.4) is 0 Å². The molecule has 1 heterocycles. The molecule has 1 amide bonds.